The third-order valence-corrected chi connectivity index (χ3v) is 5.71. The summed E-state index contributed by atoms with van der Waals surface area (Å²) in [7, 11) is 0. The number of aryl methyl sites for hydroxylation is 2. The smallest absolute Gasteiger partial charge is 0.0820 e. The molecule has 0 amide bonds. The van der Waals surface area contributed by atoms with E-state index in [4.69, 9.17) is 4.74 Å². The van der Waals surface area contributed by atoms with Crippen molar-refractivity contribution in [2.45, 2.75) is 63.1 Å². The number of ether oxygens (including phenoxy) is 1. The summed E-state index contributed by atoms with van der Waals surface area (Å²) in [4.78, 5) is 0. The van der Waals surface area contributed by atoms with Gasteiger partial charge >= 0.3 is 0 Å². The molecule has 1 spiro atoms. The van der Waals surface area contributed by atoms with Gasteiger partial charge in [-0.3, -0.25) is 0 Å². The summed E-state index contributed by atoms with van der Waals surface area (Å²) in [5, 5.41) is 10.8. The van der Waals surface area contributed by atoms with Gasteiger partial charge in [-0.15, -0.1) is 0 Å². The van der Waals surface area contributed by atoms with Crippen LogP contribution < -0.4 is 0 Å². The first kappa shape index (κ1) is 12.8. The lowest BCUT2D eigenvalue weighted by Crippen LogP contribution is -2.46. The van der Waals surface area contributed by atoms with E-state index in [0.717, 1.165) is 25.0 Å². The van der Waals surface area contributed by atoms with E-state index in [-0.39, 0.29) is 11.7 Å². The number of hydrogen-bond donors (Lipinski definition) is 1. The van der Waals surface area contributed by atoms with Crippen LogP contribution in [0.25, 0.3) is 0 Å². The molecule has 20 heavy (non-hydrogen) atoms. The van der Waals surface area contributed by atoms with Crippen LogP contribution >= 0.6 is 0 Å². The number of aliphatic hydroxyl groups excluding tert-OH is 1. The Morgan fingerprint density at radius 2 is 2.00 bits per heavy atom. The molecule has 1 saturated carbocycles. The van der Waals surface area contributed by atoms with E-state index in [2.05, 4.69) is 18.2 Å². The molecule has 2 unspecified atom stereocenters. The zero-order valence-corrected chi connectivity index (χ0v) is 12.1. The van der Waals surface area contributed by atoms with Crippen molar-refractivity contribution in [1.29, 1.82) is 0 Å². The lowest BCUT2D eigenvalue weighted by Gasteiger charge is -2.48. The second kappa shape index (κ2) is 4.85. The van der Waals surface area contributed by atoms with E-state index in [0.29, 0.717) is 5.92 Å². The molecule has 1 heterocycles. The fraction of sp³-hybridized carbons (Fsp3) is 0.667. The zero-order chi connectivity index (χ0) is 13.6. The molecule has 3 aliphatic rings. The van der Waals surface area contributed by atoms with Crippen molar-refractivity contribution in [2.75, 3.05) is 6.61 Å². The maximum atomic E-state index is 10.8. The van der Waals surface area contributed by atoms with Gasteiger partial charge in [-0.2, -0.15) is 0 Å². The Balaban J connectivity index is 1.53. The average molecular weight is 272 g/mol. The molecular formula is C18H24O2. The molecule has 2 fully saturated rings. The zero-order valence-electron chi connectivity index (χ0n) is 12.1. The molecule has 1 aromatic carbocycles. The van der Waals surface area contributed by atoms with Gasteiger partial charge in [0.2, 0.25) is 0 Å². The molecule has 0 radical (unpaired) electrons. The quantitative estimate of drug-likeness (QED) is 0.892. The predicted octanol–water partition coefficient (Wildman–Crippen LogP) is 3.56. The van der Waals surface area contributed by atoms with E-state index in [1.165, 1.54) is 49.7 Å². The SMILES string of the molecule is OC(c1ccc2c(c1)CCC2)C1CCOC2(CCC2)C1. The predicted molar refractivity (Wildman–Crippen MR) is 78.7 cm³/mol. The lowest BCUT2D eigenvalue weighted by molar-refractivity contribution is -0.157. The summed E-state index contributed by atoms with van der Waals surface area (Å²) in [6, 6.07) is 6.65. The number of aliphatic hydroxyl groups is 1. The van der Waals surface area contributed by atoms with Crippen molar-refractivity contribution < 1.29 is 9.84 Å². The van der Waals surface area contributed by atoms with Gasteiger partial charge in [-0.05, 0) is 74.0 Å². The molecule has 1 aliphatic heterocycles. The third-order valence-electron chi connectivity index (χ3n) is 5.71. The first-order chi connectivity index (χ1) is 9.76. The van der Waals surface area contributed by atoms with Crippen molar-refractivity contribution in [3.63, 3.8) is 0 Å². The van der Waals surface area contributed by atoms with E-state index in [1.54, 1.807) is 0 Å². The average Bonchev–Trinajstić information content (AvgIpc) is 2.92. The summed E-state index contributed by atoms with van der Waals surface area (Å²) in [5.74, 6) is 0.378. The molecule has 0 bridgehead atoms. The molecule has 1 aromatic rings. The van der Waals surface area contributed by atoms with Gasteiger partial charge in [0.1, 0.15) is 0 Å². The van der Waals surface area contributed by atoms with E-state index in [9.17, 15) is 5.11 Å². The summed E-state index contributed by atoms with van der Waals surface area (Å²) in [6.07, 6.45) is 9.10. The highest BCUT2D eigenvalue weighted by atomic mass is 16.5. The fourth-order valence-electron chi connectivity index (χ4n) is 4.30. The number of rotatable bonds is 2. The standard InChI is InChI=1S/C18H24O2/c19-17(15-6-5-13-3-1-4-14(13)11-15)16-7-10-20-18(12-16)8-2-9-18/h5-6,11,16-17,19H,1-4,7-10,12H2. The van der Waals surface area contributed by atoms with Crippen molar-refractivity contribution in [2.24, 2.45) is 5.92 Å². The Hall–Kier alpha value is -0.860. The van der Waals surface area contributed by atoms with Crippen LogP contribution in [0.1, 0.15) is 61.3 Å². The minimum absolute atomic E-state index is 0.126. The highest BCUT2D eigenvalue weighted by molar-refractivity contribution is 5.36. The molecule has 108 valence electrons. The molecule has 1 saturated heterocycles. The summed E-state index contributed by atoms with van der Waals surface area (Å²) in [5.41, 5.74) is 4.21. The Labute approximate surface area is 121 Å². The van der Waals surface area contributed by atoms with Crippen molar-refractivity contribution in [1.82, 2.24) is 0 Å². The van der Waals surface area contributed by atoms with Crippen LogP contribution in [-0.4, -0.2) is 17.3 Å². The summed E-state index contributed by atoms with van der Waals surface area (Å²) >= 11 is 0. The van der Waals surface area contributed by atoms with E-state index < -0.39 is 0 Å². The second-order valence-electron chi connectivity index (χ2n) is 6.96. The molecule has 2 atom stereocenters. The molecule has 2 nitrogen and oxygen atoms in total. The molecule has 4 rings (SSSR count). The number of hydrogen-bond acceptors (Lipinski definition) is 2. The largest absolute Gasteiger partial charge is 0.388 e. The summed E-state index contributed by atoms with van der Waals surface area (Å²) < 4.78 is 5.98. The van der Waals surface area contributed by atoms with Crippen LogP contribution in [0.15, 0.2) is 18.2 Å². The molecular weight excluding hydrogens is 248 g/mol. The molecule has 0 aromatic heterocycles. The first-order valence-corrected chi connectivity index (χ1v) is 8.20. The van der Waals surface area contributed by atoms with Crippen LogP contribution in [0.5, 0.6) is 0 Å². The molecule has 2 aliphatic carbocycles. The van der Waals surface area contributed by atoms with Crippen LogP contribution in [-0.2, 0) is 17.6 Å². The minimum Gasteiger partial charge on any atom is -0.388 e. The first-order valence-electron chi connectivity index (χ1n) is 8.20. The van der Waals surface area contributed by atoms with Gasteiger partial charge in [-0.25, -0.2) is 0 Å². The van der Waals surface area contributed by atoms with Crippen molar-refractivity contribution in [3.8, 4) is 0 Å². The van der Waals surface area contributed by atoms with E-state index in [1.807, 2.05) is 0 Å². The number of fused-ring (bicyclic) bond motifs is 1. The van der Waals surface area contributed by atoms with Gasteiger partial charge in [0.05, 0.1) is 11.7 Å². The Morgan fingerprint density at radius 1 is 1.15 bits per heavy atom. The van der Waals surface area contributed by atoms with Gasteiger partial charge < -0.3 is 9.84 Å². The molecule has 2 heteroatoms. The number of benzene rings is 1. The normalized spacial score (nSPS) is 28.9. The van der Waals surface area contributed by atoms with Crippen LogP contribution in [0, 0.1) is 5.92 Å². The van der Waals surface area contributed by atoms with Gasteiger partial charge in [-0.1, -0.05) is 18.2 Å². The maximum absolute atomic E-state index is 10.8. The van der Waals surface area contributed by atoms with Gasteiger partial charge in [0.15, 0.2) is 0 Å². The molecule has 1 N–H and O–H groups in total. The highest BCUT2D eigenvalue weighted by Gasteiger charge is 2.44. The third kappa shape index (κ3) is 2.10. The van der Waals surface area contributed by atoms with Crippen molar-refractivity contribution in [3.05, 3.63) is 34.9 Å². The Bertz CT molecular complexity index is 504. The van der Waals surface area contributed by atoms with Crippen LogP contribution in [0.3, 0.4) is 0 Å². The van der Waals surface area contributed by atoms with Crippen LogP contribution in [0.4, 0.5) is 0 Å². The second-order valence-corrected chi connectivity index (χ2v) is 6.96. The Morgan fingerprint density at radius 3 is 2.80 bits per heavy atom. The van der Waals surface area contributed by atoms with E-state index >= 15 is 0 Å². The van der Waals surface area contributed by atoms with Crippen LogP contribution in [0.2, 0.25) is 0 Å². The minimum atomic E-state index is -0.303. The van der Waals surface area contributed by atoms with Crippen molar-refractivity contribution >= 4 is 0 Å². The lowest BCUT2D eigenvalue weighted by atomic mass is 9.70. The monoisotopic (exact) mass is 272 g/mol. The fourth-order valence-corrected chi connectivity index (χ4v) is 4.30. The van der Waals surface area contributed by atoms with Gasteiger partial charge in [0, 0.05) is 6.61 Å². The Kier molecular flexibility index (Phi) is 3.12. The summed E-state index contributed by atoms with van der Waals surface area (Å²) in [6.45, 7) is 0.826. The topological polar surface area (TPSA) is 29.5 Å². The van der Waals surface area contributed by atoms with Gasteiger partial charge in [0.25, 0.3) is 0 Å². The maximum Gasteiger partial charge on any atom is 0.0820 e. The highest BCUT2D eigenvalue weighted by Crippen LogP contribution is 2.47.